The minimum Gasteiger partial charge on any atom is -0.388 e. The van der Waals surface area contributed by atoms with Gasteiger partial charge in [0.25, 0.3) is 0 Å². The monoisotopic (exact) mass is 589 g/mol. The number of benzene rings is 4. The average Bonchev–Trinajstić information content (AvgIpc) is 3.04. The van der Waals surface area contributed by atoms with Crippen LogP contribution >= 0.6 is 0 Å². The summed E-state index contributed by atoms with van der Waals surface area (Å²) >= 11 is 0. The summed E-state index contributed by atoms with van der Waals surface area (Å²) in [5, 5.41) is 6.40. The van der Waals surface area contributed by atoms with Gasteiger partial charge in [-0.1, -0.05) is 72.8 Å². The molecule has 9 heteroatoms. The third-order valence-corrected chi connectivity index (χ3v) is 7.60. The SMILES string of the molecule is Cc1c(CNC(=O)N(C)c2ccccc2)ccc2nc(Nc3ccccc3CCC(=O)N(C)Cc3ccccc3)oc(=O)c12. The van der Waals surface area contributed by atoms with Crippen LogP contribution in [0.2, 0.25) is 0 Å². The molecule has 0 saturated heterocycles. The van der Waals surface area contributed by atoms with Gasteiger partial charge < -0.3 is 20.0 Å². The fourth-order valence-corrected chi connectivity index (χ4v) is 5.02. The highest BCUT2D eigenvalue weighted by atomic mass is 16.4. The number of aryl methyl sites for hydroxylation is 2. The summed E-state index contributed by atoms with van der Waals surface area (Å²) in [6.07, 6.45) is 0.837. The van der Waals surface area contributed by atoms with Crippen molar-refractivity contribution in [2.45, 2.75) is 32.9 Å². The number of amides is 3. The van der Waals surface area contributed by atoms with Crippen LogP contribution in [0.5, 0.6) is 0 Å². The Bertz CT molecular complexity index is 1820. The van der Waals surface area contributed by atoms with E-state index in [9.17, 15) is 14.4 Å². The lowest BCUT2D eigenvalue weighted by molar-refractivity contribution is -0.130. The Morgan fingerprint density at radius 2 is 1.52 bits per heavy atom. The number of hydrogen-bond donors (Lipinski definition) is 2. The van der Waals surface area contributed by atoms with Crippen molar-refractivity contribution in [3.63, 3.8) is 0 Å². The summed E-state index contributed by atoms with van der Waals surface area (Å²) in [4.78, 5) is 46.5. The summed E-state index contributed by atoms with van der Waals surface area (Å²) in [7, 11) is 3.50. The first-order chi connectivity index (χ1) is 21.3. The Morgan fingerprint density at radius 3 is 2.27 bits per heavy atom. The summed E-state index contributed by atoms with van der Waals surface area (Å²) in [5.41, 5.74) is 4.89. The van der Waals surface area contributed by atoms with Crippen LogP contribution in [-0.4, -0.2) is 35.9 Å². The van der Waals surface area contributed by atoms with E-state index < -0.39 is 5.63 Å². The zero-order chi connectivity index (χ0) is 31.1. The molecule has 5 rings (SSSR count). The number of nitrogens with one attached hydrogen (secondary N) is 2. The highest BCUT2D eigenvalue weighted by Gasteiger charge is 2.16. The van der Waals surface area contributed by atoms with Crippen molar-refractivity contribution in [3.8, 4) is 0 Å². The Labute approximate surface area is 256 Å². The van der Waals surface area contributed by atoms with E-state index in [-0.39, 0.29) is 24.5 Å². The molecule has 2 N–H and O–H groups in total. The van der Waals surface area contributed by atoms with Gasteiger partial charge in [0.1, 0.15) is 0 Å². The van der Waals surface area contributed by atoms with E-state index in [0.717, 1.165) is 22.4 Å². The number of aromatic nitrogens is 1. The second kappa shape index (κ2) is 13.7. The number of carbonyl (C=O) groups excluding carboxylic acids is 2. The summed E-state index contributed by atoms with van der Waals surface area (Å²) < 4.78 is 5.59. The van der Waals surface area contributed by atoms with Crippen LogP contribution in [0, 0.1) is 6.92 Å². The second-order valence-corrected chi connectivity index (χ2v) is 10.6. The molecule has 0 radical (unpaired) electrons. The minimum absolute atomic E-state index is 0.0354. The standard InChI is InChI=1S/C35H35N5O4/c1-24-27(22-36-35(43)40(3)28-15-8-5-9-16-28)18-20-30-32(24)33(42)44-34(38-30)37-29-17-11-10-14-26(29)19-21-31(41)39(2)23-25-12-6-4-7-13-25/h4-18,20H,19,21-23H2,1-3H3,(H,36,43)(H,37,38). The van der Waals surface area contributed by atoms with Crippen LogP contribution < -0.4 is 21.2 Å². The molecular weight excluding hydrogens is 554 g/mol. The maximum Gasteiger partial charge on any atom is 0.348 e. The Hall–Kier alpha value is -5.44. The van der Waals surface area contributed by atoms with Crippen LogP contribution in [0.4, 0.5) is 22.2 Å². The molecule has 0 spiro atoms. The smallest absolute Gasteiger partial charge is 0.348 e. The van der Waals surface area contributed by atoms with Gasteiger partial charge in [-0.2, -0.15) is 4.98 Å². The predicted octanol–water partition coefficient (Wildman–Crippen LogP) is 6.18. The van der Waals surface area contributed by atoms with Crippen molar-refractivity contribution in [1.82, 2.24) is 15.2 Å². The number of rotatable bonds is 10. The van der Waals surface area contributed by atoms with E-state index >= 15 is 0 Å². The number of urea groups is 1. The summed E-state index contributed by atoms with van der Waals surface area (Å²) in [6, 6.07) is 30.2. The lowest BCUT2D eigenvalue weighted by atomic mass is 10.0. The van der Waals surface area contributed by atoms with Gasteiger partial charge >= 0.3 is 17.7 Å². The van der Waals surface area contributed by atoms with E-state index in [4.69, 9.17) is 4.42 Å². The largest absolute Gasteiger partial charge is 0.388 e. The van der Waals surface area contributed by atoms with Gasteiger partial charge in [-0.25, -0.2) is 9.59 Å². The molecule has 0 aliphatic heterocycles. The molecule has 9 nitrogen and oxygen atoms in total. The highest BCUT2D eigenvalue weighted by molar-refractivity contribution is 5.91. The molecule has 224 valence electrons. The second-order valence-electron chi connectivity index (χ2n) is 10.6. The predicted molar refractivity (Wildman–Crippen MR) is 173 cm³/mol. The van der Waals surface area contributed by atoms with E-state index in [1.54, 1.807) is 25.1 Å². The van der Waals surface area contributed by atoms with E-state index in [1.165, 1.54) is 4.90 Å². The molecule has 44 heavy (non-hydrogen) atoms. The van der Waals surface area contributed by atoms with Crippen molar-refractivity contribution in [3.05, 3.63) is 130 Å². The van der Waals surface area contributed by atoms with Gasteiger partial charge in [-0.05, 0) is 59.9 Å². The number of carbonyl (C=O) groups is 2. The molecule has 4 aromatic carbocycles. The van der Waals surface area contributed by atoms with Gasteiger partial charge in [0, 0.05) is 45.0 Å². The van der Waals surface area contributed by atoms with Gasteiger partial charge in [0.2, 0.25) is 5.91 Å². The fourth-order valence-electron chi connectivity index (χ4n) is 5.02. The zero-order valence-electron chi connectivity index (χ0n) is 25.0. The van der Waals surface area contributed by atoms with Crippen LogP contribution in [0.15, 0.2) is 106 Å². The average molecular weight is 590 g/mol. The normalized spacial score (nSPS) is 10.8. The van der Waals surface area contributed by atoms with Gasteiger partial charge in [0.05, 0.1) is 10.9 Å². The van der Waals surface area contributed by atoms with Crippen LogP contribution in [0.25, 0.3) is 10.9 Å². The number of hydrogen-bond acceptors (Lipinski definition) is 6. The molecule has 0 fully saturated rings. The lowest BCUT2D eigenvalue weighted by Crippen LogP contribution is -2.37. The quantitative estimate of drug-likeness (QED) is 0.202. The van der Waals surface area contributed by atoms with Crippen molar-refractivity contribution < 1.29 is 14.0 Å². The maximum absolute atomic E-state index is 13.1. The zero-order valence-corrected chi connectivity index (χ0v) is 25.0. The first kappa shape index (κ1) is 30.0. The van der Waals surface area contributed by atoms with Crippen LogP contribution in [0.3, 0.4) is 0 Å². The molecule has 0 atom stereocenters. The molecule has 3 amide bonds. The molecule has 0 saturated carbocycles. The number of para-hydroxylation sites is 2. The third kappa shape index (κ3) is 7.12. The number of nitrogens with zero attached hydrogens (tertiary/aromatic N) is 3. The molecule has 5 aromatic rings. The molecule has 0 aliphatic rings. The highest BCUT2D eigenvalue weighted by Crippen LogP contribution is 2.24. The van der Waals surface area contributed by atoms with Crippen molar-refractivity contribution >= 4 is 40.2 Å². The van der Waals surface area contributed by atoms with Crippen LogP contribution in [0.1, 0.15) is 28.7 Å². The topological polar surface area (TPSA) is 108 Å². The van der Waals surface area contributed by atoms with Gasteiger partial charge in [-0.15, -0.1) is 0 Å². The fraction of sp³-hybridized carbons (Fsp3) is 0.200. The Balaban J connectivity index is 1.26. The molecule has 0 bridgehead atoms. The van der Waals surface area contributed by atoms with E-state index in [1.807, 2.05) is 97.9 Å². The van der Waals surface area contributed by atoms with Crippen LogP contribution in [-0.2, 0) is 24.3 Å². The summed E-state index contributed by atoms with van der Waals surface area (Å²) in [6.45, 7) is 2.60. The van der Waals surface area contributed by atoms with E-state index in [2.05, 4.69) is 15.6 Å². The number of anilines is 3. The first-order valence-corrected chi connectivity index (χ1v) is 14.4. The maximum atomic E-state index is 13.1. The molecular formula is C35H35N5O4. The van der Waals surface area contributed by atoms with Crippen molar-refractivity contribution in [2.24, 2.45) is 0 Å². The lowest BCUT2D eigenvalue weighted by Gasteiger charge is -2.18. The van der Waals surface area contributed by atoms with Crippen molar-refractivity contribution in [2.75, 3.05) is 24.3 Å². The Morgan fingerprint density at radius 1 is 0.841 bits per heavy atom. The van der Waals surface area contributed by atoms with E-state index in [0.29, 0.717) is 41.5 Å². The Kier molecular flexibility index (Phi) is 9.34. The molecule has 1 aromatic heterocycles. The molecule has 1 heterocycles. The van der Waals surface area contributed by atoms with Gasteiger partial charge in [-0.3, -0.25) is 9.69 Å². The minimum atomic E-state index is -0.528. The molecule has 0 aliphatic carbocycles. The first-order valence-electron chi connectivity index (χ1n) is 14.4. The number of fused-ring (bicyclic) bond motifs is 1. The third-order valence-electron chi connectivity index (χ3n) is 7.60. The van der Waals surface area contributed by atoms with Gasteiger partial charge in [0.15, 0.2) is 0 Å². The molecule has 0 unspecified atom stereocenters. The summed E-state index contributed by atoms with van der Waals surface area (Å²) in [5.74, 6) is 0.0354. The van der Waals surface area contributed by atoms with Crippen molar-refractivity contribution in [1.29, 1.82) is 0 Å².